The minimum absolute atomic E-state index is 0.741. The predicted molar refractivity (Wildman–Crippen MR) is 68.0 cm³/mol. The lowest BCUT2D eigenvalue weighted by atomic mass is 10.2. The van der Waals surface area contributed by atoms with Crippen molar-refractivity contribution in [1.82, 2.24) is 0 Å². The Balaban J connectivity index is 2.76. The SMILES string of the molecule is CC/C=C/CN(C)c1cc(N)ccc1N. The van der Waals surface area contributed by atoms with E-state index in [0.29, 0.717) is 0 Å². The molecule has 4 N–H and O–H groups in total. The lowest BCUT2D eigenvalue weighted by Crippen LogP contribution is -2.18. The van der Waals surface area contributed by atoms with Gasteiger partial charge in [-0.15, -0.1) is 0 Å². The highest BCUT2D eigenvalue weighted by Gasteiger charge is 2.03. The topological polar surface area (TPSA) is 55.3 Å². The summed E-state index contributed by atoms with van der Waals surface area (Å²) >= 11 is 0. The largest absolute Gasteiger partial charge is 0.399 e. The Morgan fingerprint density at radius 1 is 1.27 bits per heavy atom. The highest BCUT2D eigenvalue weighted by atomic mass is 15.1. The molecule has 1 aromatic carbocycles. The molecule has 15 heavy (non-hydrogen) atoms. The molecule has 0 aromatic heterocycles. The van der Waals surface area contributed by atoms with E-state index in [1.807, 2.05) is 25.2 Å². The summed E-state index contributed by atoms with van der Waals surface area (Å²) in [6, 6.07) is 5.55. The van der Waals surface area contributed by atoms with Gasteiger partial charge in [-0.05, 0) is 24.6 Å². The molecule has 0 bridgehead atoms. The molecular weight excluding hydrogens is 186 g/mol. The second kappa shape index (κ2) is 5.29. The maximum absolute atomic E-state index is 5.87. The summed E-state index contributed by atoms with van der Waals surface area (Å²) in [7, 11) is 2.01. The van der Waals surface area contributed by atoms with Gasteiger partial charge in [0.15, 0.2) is 0 Å². The second-order valence-corrected chi connectivity index (χ2v) is 3.58. The molecule has 0 heterocycles. The minimum atomic E-state index is 0.741. The highest BCUT2D eigenvalue weighted by Crippen LogP contribution is 2.24. The molecule has 1 aromatic rings. The zero-order valence-electron chi connectivity index (χ0n) is 9.40. The number of anilines is 3. The molecule has 0 aliphatic rings. The summed E-state index contributed by atoms with van der Waals surface area (Å²) in [5, 5.41) is 0. The van der Waals surface area contributed by atoms with E-state index in [4.69, 9.17) is 11.5 Å². The third-order valence-corrected chi connectivity index (χ3v) is 2.25. The molecule has 0 saturated heterocycles. The van der Waals surface area contributed by atoms with Crippen LogP contribution in [0.15, 0.2) is 30.4 Å². The highest BCUT2D eigenvalue weighted by molar-refractivity contribution is 5.71. The zero-order chi connectivity index (χ0) is 11.3. The molecule has 0 saturated carbocycles. The molecule has 3 heteroatoms. The minimum Gasteiger partial charge on any atom is -0.399 e. The van der Waals surface area contributed by atoms with Crippen LogP contribution in [0.5, 0.6) is 0 Å². The fourth-order valence-corrected chi connectivity index (χ4v) is 1.39. The first-order valence-electron chi connectivity index (χ1n) is 5.16. The first-order valence-corrected chi connectivity index (χ1v) is 5.16. The van der Waals surface area contributed by atoms with Gasteiger partial charge in [-0.3, -0.25) is 0 Å². The van der Waals surface area contributed by atoms with E-state index in [2.05, 4.69) is 24.0 Å². The van der Waals surface area contributed by atoms with Gasteiger partial charge in [0.1, 0.15) is 0 Å². The summed E-state index contributed by atoms with van der Waals surface area (Å²) in [5.74, 6) is 0. The van der Waals surface area contributed by atoms with E-state index in [0.717, 1.165) is 30.0 Å². The third kappa shape index (κ3) is 3.20. The Kier molecular flexibility index (Phi) is 4.03. The van der Waals surface area contributed by atoms with Gasteiger partial charge in [-0.2, -0.15) is 0 Å². The van der Waals surface area contributed by atoms with Gasteiger partial charge in [-0.25, -0.2) is 0 Å². The number of nitrogen functional groups attached to an aromatic ring is 2. The van der Waals surface area contributed by atoms with Crippen LogP contribution in [0.25, 0.3) is 0 Å². The number of benzene rings is 1. The molecule has 1 rings (SSSR count). The van der Waals surface area contributed by atoms with Crippen molar-refractivity contribution in [3.63, 3.8) is 0 Å². The van der Waals surface area contributed by atoms with E-state index < -0.39 is 0 Å². The first kappa shape index (κ1) is 11.4. The van der Waals surface area contributed by atoms with E-state index >= 15 is 0 Å². The Labute approximate surface area is 91.4 Å². The van der Waals surface area contributed by atoms with E-state index in [-0.39, 0.29) is 0 Å². The van der Waals surface area contributed by atoms with Gasteiger partial charge in [-0.1, -0.05) is 19.1 Å². The molecule has 0 radical (unpaired) electrons. The summed E-state index contributed by atoms with van der Waals surface area (Å²) in [4.78, 5) is 2.08. The summed E-state index contributed by atoms with van der Waals surface area (Å²) < 4.78 is 0. The van der Waals surface area contributed by atoms with E-state index in [1.165, 1.54) is 0 Å². The van der Waals surface area contributed by atoms with Gasteiger partial charge < -0.3 is 16.4 Å². The van der Waals surface area contributed by atoms with Crippen molar-refractivity contribution in [2.45, 2.75) is 13.3 Å². The van der Waals surface area contributed by atoms with Crippen molar-refractivity contribution >= 4 is 17.1 Å². The first-order chi connectivity index (χ1) is 7.15. The molecule has 0 atom stereocenters. The van der Waals surface area contributed by atoms with Crippen molar-refractivity contribution in [3.05, 3.63) is 30.4 Å². The molecule has 0 aliphatic carbocycles. The molecule has 0 spiro atoms. The van der Waals surface area contributed by atoms with Crippen LogP contribution >= 0.6 is 0 Å². The van der Waals surface area contributed by atoms with Crippen LogP contribution in [0.4, 0.5) is 17.1 Å². The van der Waals surface area contributed by atoms with Gasteiger partial charge in [0.05, 0.1) is 11.4 Å². The number of likely N-dealkylation sites (N-methyl/N-ethyl adjacent to an activating group) is 1. The molecule has 82 valence electrons. The molecule has 0 unspecified atom stereocenters. The number of hydrogen-bond donors (Lipinski definition) is 2. The summed E-state index contributed by atoms with van der Waals surface area (Å²) in [6.07, 6.45) is 5.32. The average molecular weight is 205 g/mol. The van der Waals surface area contributed by atoms with Crippen molar-refractivity contribution in [2.75, 3.05) is 30.0 Å². The Morgan fingerprint density at radius 2 is 2.00 bits per heavy atom. The van der Waals surface area contributed by atoms with Gasteiger partial charge in [0, 0.05) is 19.3 Å². The number of allylic oxidation sites excluding steroid dienone is 1. The fourth-order valence-electron chi connectivity index (χ4n) is 1.39. The molecule has 3 nitrogen and oxygen atoms in total. The van der Waals surface area contributed by atoms with Crippen molar-refractivity contribution in [1.29, 1.82) is 0 Å². The maximum Gasteiger partial charge on any atom is 0.0620 e. The second-order valence-electron chi connectivity index (χ2n) is 3.58. The zero-order valence-corrected chi connectivity index (χ0v) is 9.40. The Morgan fingerprint density at radius 3 is 2.67 bits per heavy atom. The lowest BCUT2D eigenvalue weighted by molar-refractivity contribution is 1.02. The van der Waals surface area contributed by atoms with Crippen molar-refractivity contribution < 1.29 is 0 Å². The van der Waals surface area contributed by atoms with Crippen LogP contribution in [0, 0.1) is 0 Å². The third-order valence-electron chi connectivity index (χ3n) is 2.25. The monoisotopic (exact) mass is 205 g/mol. The molecule has 0 aliphatic heterocycles. The maximum atomic E-state index is 5.87. The molecule has 0 fully saturated rings. The van der Waals surface area contributed by atoms with Crippen LogP contribution in [0.2, 0.25) is 0 Å². The van der Waals surface area contributed by atoms with Crippen LogP contribution < -0.4 is 16.4 Å². The quantitative estimate of drug-likeness (QED) is 0.585. The standard InChI is InChI=1S/C12H19N3/c1-3-4-5-8-15(2)12-9-10(13)6-7-11(12)14/h4-7,9H,3,8,13-14H2,1-2H3/b5-4+. The van der Waals surface area contributed by atoms with Gasteiger partial charge in [0.2, 0.25) is 0 Å². The van der Waals surface area contributed by atoms with E-state index in [1.54, 1.807) is 0 Å². The molecular formula is C12H19N3. The number of hydrogen-bond acceptors (Lipinski definition) is 3. The van der Waals surface area contributed by atoms with E-state index in [9.17, 15) is 0 Å². The predicted octanol–water partition coefficient (Wildman–Crippen LogP) is 2.25. The summed E-state index contributed by atoms with van der Waals surface area (Å²) in [5.41, 5.74) is 14.1. The average Bonchev–Trinajstić information content (AvgIpc) is 2.22. The Hall–Kier alpha value is -1.64. The number of nitrogens with two attached hydrogens (primary N) is 2. The fraction of sp³-hybridized carbons (Fsp3) is 0.333. The summed E-state index contributed by atoms with van der Waals surface area (Å²) in [6.45, 7) is 2.97. The van der Waals surface area contributed by atoms with Crippen LogP contribution in [0.1, 0.15) is 13.3 Å². The molecule has 0 amide bonds. The van der Waals surface area contributed by atoms with Crippen LogP contribution in [-0.2, 0) is 0 Å². The van der Waals surface area contributed by atoms with Crippen LogP contribution in [-0.4, -0.2) is 13.6 Å². The normalized spacial score (nSPS) is 10.8. The Bertz CT molecular complexity index is 345. The smallest absolute Gasteiger partial charge is 0.0620 e. The lowest BCUT2D eigenvalue weighted by Gasteiger charge is -2.19. The van der Waals surface area contributed by atoms with Crippen molar-refractivity contribution in [2.24, 2.45) is 0 Å². The number of rotatable bonds is 4. The number of nitrogens with zero attached hydrogens (tertiary/aromatic N) is 1. The van der Waals surface area contributed by atoms with Gasteiger partial charge >= 0.3 is 0 Å². The van der Waals surface area contributed by atoms with Gasteiger partial charge in [0.25, 0.3) is 0 Å². The van der Waals surface area contributed by atoms with Crippen LogP contribution in [0.3, 0.4) is 0 Å². The van der Waals surface area contributed by atoms with Crippen molar-refractivity contribution in [3.8, 4) is 0 Å².